The number of hydrogen-bond donors (Lipinski definition) is 2. The maximum atomic E-state index is 11.8. The summed E-state index contributed by atoms with van der Waals surface area (Å²) >= 11 is 0. The van der Waals surface area contributed by atoms with E-state index < -0.39 is 29.6 Å². The number of ether oxygens (including phenoxy) is 3. The van der Waals surface area contributed by atoms with Crippen LogP contribution in [0.15, 0.2) is 12.2 Å². The van der Waals surface area contributed by atoms with Gasteiger partial charge in [0.25, 0.3) is 0 Å². The van der Waals surface area contributed by atoms with Gasteiger partial charge in [-0.1, -0.05) is 32.3 Å². The average molecular weight is 414 g/mol. The summed E-state index contributed by atoms with van der Waals surface area (Å²) in [6, 6.07) is 0. The molecule has 0 saturated heterocycles. The first-order valence-corrected chi connectivity index (χ1v) is 9.64. The van der Waals surface area contributed by atoms with Crippen LogP contribution in [0.2, 0.25) is 0 Å². The number of esters is 2. The molecular weight excluding hydrogens is 380 g/mol. The Morgan fingerprint density at radius 1 is 0.897 bits per heavy atom. The van der Waals surface area contributed by atoms with E-state index in [1.165, 1.54) is 14.2 Å². The lowest BCUT2D eigenvalue weighted by Crippen LogP contribution is -2.44. The van der Waals surface area contributed by atoms with E-state index in [9.17, 15) is 19.2 Å². The van der Waals surface area contributed by atoms with Crippen molar-refractivity contribution in [1.29, 1.82) is 0 Å². The topological polar surface area (TPSA) is 120 Å². The van der Waals surface area contributed by atoms with Crippen LogP contribution in [-0.4, -0.2) is 43.8 Å². The summed E-state index contributed by atoms with van der Waals surface area (Å²) in [6.07, 6.45) is 3.91. The fourth-order valence-electron chi connectivity index (χ4n) is 2.50. The molecule has 0 aliphatic heterocycles. The van der Waals surface area contributed by atoms with E-state index in [1.54, 1.807) is 20.8 Å². The summed E-state index contributed by atoms with van der Waals surface area (Å²) in [4.78, 5) is 46.5. The zero-order chi connectivity index (χ0) is 22.4. The molecule has 1 atom stereocenters. The third-order valence-electron chi connectivity index (χ3n) is 3.95. The first-order chi connectivity index (χ1) is 13.5. The minimum Gasteiger partial charge on any atom is -0.469 e. The van der Waals surface area contributed by atoms with Crippen LogP contribution in [0.25, 0.3) is 0 Å². The van der Waals surface area contributed by atoms with Crippen LogP contribution in [0, 0.1) is 5.92 Å². The molecule has 9 heteroatoms. The van der Waals surface area contributed by atoms with Crippen molar-refractivity contribution in [3.63, 3.8) is 0 Å². The van der Waals surface area contributed by atoms with Gasteiger partial charge in [-0.25, -0.2) is 15.0 Å². The van der Waals surface area contributed by atoms with Crippen LogP contribution >= 0.6 is 0 Å². The molecule has 0 radical (unpaired) electrons. The maximum absolute atomic E-state index is 11.8. The lowest BCUT2D eigenvalue weighted by molar-refractivity contribution is -0.147. The van der Waals surface area contributed by atoms with E-state index in [0.29, 0.717) is 19.3 Å². The Labute approximate surface area is 172 Å². The van der Waals surface area contributed by atoms with Crippen molar-refractivity contribution in [3.8, 4) is 0 Å². The Bertz CT molecular complexity index is 582. The summed E-state index contributed by atoms with van der Waals surface area (Å²) in [7, 11) is 2.50. The van der Waals surface area contributed by atoms with Crippen molar-refractivity contribution in [2.24, 2.45) is 5.92 Å². The Hall–Kier alpha value is -2.58. The lowest BCUT2D eigenvalue weighted by Gasteiger charge is -2.19. The van der Waals surface area contributed by atoms with E-state index in [-0.39, 0.29) is 17.9 Å². The molecule has 0 fully saturated rings. The number of amides is 2. The first-order valence-electron chi connectivity index (χ1n) is 9.64. The highest BCUT2D eigenvalue weighted by molar-refractivity contribution is 5.94. The van der Waals surface area contributed by atoms with Crippen molar-refractivity contribution in [2.75, 3.05) is 14.2 Å². The van der Waals surface area contributed by atoms with Crippen LogP contribution < -0.4 is 10.9 Å². The number of carbonyl (C=O) groups is 4. The quantitative estimate of drug-likeness (QED) is 0.175. The summed E-state index contributed by atoms with van der Waals surface area (Å²) in [6.45, 7) is 8.82. The molecule has 0 saturated carbocycles. The second-order valence-electron chi connectivity index (χ2n) is 7.57. The fourth-order valence-corrected chi connectivity index (χ4v) is 2.50. The van der Waals surface area contributed by atoms with Crippen molar-refractivity contribution in [2.45, 2.75) is 71.3 Å². The van der Waals surface area contributed by atoms with E-state index in [0.717, 1.165) is 19.3 Å². The lowest BCUT2D eigenvalue weighted by atomic mass is 9.93. The molecule has 9 nitrogen and oxygen atoms in total. The van der Waals surface area contributed by atoms with Crippen LogP contribution in [0.4, 0.5) is 4.79 Å². The van der Waals surface area contributed by atoms with Gasteiger partial charge in [-0.3, -0.25) is 15.0 Å². The van der Waals surface area contributed by atoms with Gasteiger partial charge in [0, 0.05) is 12.0 Å². The summed E-state index contributed by atoms with van der Waals surface area (Å²) < 4.78 is 14.3. The number of rotatable bonds is 11. The largest absolute Gasteiger partial charge is 0.469 e. The minimum atomic E-state index is -0.711. The van der Waals surface area contributed by atoms with Crippen molar-refractivity contribution < 1.29 is 33.4 Å². The van der Waals surface area contributed by atoms with Crippen molar-refractivity contribution in [1.82, 2.24) is 10.9 Å². The zero-order valence-corrected chi connectivity index (χ0v) is 18.1. The first kappa shape index (κ1) is 26.4. The monoisotopic (exact) mass is 414 g/mol. The third-order valence-corrected chi connectivity index (χ3v) is 3.95. The van der Waals surface area contributed by atoms with Gasteiger partial charge >= 0.3 is 18.0 Å². The Balaban J connectivity index is 3.98. The van der Waals surface area contributed by atoms with Gasteiger partial charge in [-0.05, 0) is 33.6 Å². The molecule has 0 bridgehead atoms. The molecule has 2 amide bonds. The van der Waals surface area contributed by atoms with Crippen molar-refractivity contribution >= 4 is 23.9 Å². The predicted octanol–water partition coefficient (Wildman–Crippen LogP) is 2.79. The smallest absolute Gasteiger partial charge is 0.426 e. The van der Waals surface area contributed by atoms with E-state index in [4.69, 9.17) is 9.47 Å². The van der Waals surface area contributed by atoms with Crippen molar-refractivity contribution in [3.05, 3.63) is 12.2 Å². The van der Waals surface area contributed by atoms with Crippen LogP contribution in [0.1, 0.15) is 65.7 Å². The van der Waals surface area contributed by atoms with Gasteiger partial charge < -0.3 is 14.2 Å². The summed E-state index contributed by atoms with van der Waals surface area (Å²) in [5.41, 5.74) is 3.96. The predicted molar refractivity (Wildman–Crippen MR) is 106 cm³/mol. The Morgan fingerprint density at radius 2 is 1.48 bits per heavy atom. The van der Waals surface area contributed by atoms with E-state index in [1.807, 2.05) is 0 Å². The van der Waals surface area contributed by atoms with Gasteiger partial charge in [0.15, 0.2) is 0 Å². The molecular formula is C20H34N2O7. The number of hydrazine groups is 1. The van der Waals surface area contributed by atoms with Crippen LogP contribution in [-0.2, 0) is 28.6 Å². The highest BCUT2D eigenvalue weighted by Gasteiger charge is 2.27. The molecule has 0 spiro atoms. The molecule has 0 heterocycles. The molecule has 0 aliphatic rings. The number of hydrogen-bond acceptors (Lipinski definition) is 7. The van der Waals surface area contributed by atoms with E-state index >= 15 is 0 Å². The van der Waals surface area contributed by atoms with E-state index in [2.05, 4.69) is 22.2 Å². The fraction of sp³-hybridized carbons (Fsp3) is 0.700. The van der Waals surface area contributed by atoms with Crippen LogP contribution in [0.5, 0.6) is 0 Å². The normalized spacial score (nSPS) is 11.8. The van der Waals surface area contributed by atoms with Gasteiger partial charge in [0.2, 0.25) is 5.91 Å². The zero-order valence-electron chi connectivity index (χ0n) is 18.1. The maximum Gasteiger partial charge on any atom is 0.426 e. The second kappa shape index (κ2) is 13.6. The molecule has 0 aromatic rings. The number of carbonyl (C=O) groups excluding carboxylic acids is 4. The molecule has 166 valence electrons. The number of unbranched alkanes of at least 4 members (excludes halogenated alkanes) is 4. The SMILES string of the molecule is C=C(C(=O)OC)C(CCCCCCCC(=O)NNC(=O)OC(C)(C)C)C(=O)OC. The molecule has 0 rings (SSSR count). The van der Waals surface area contributed by atoms with Crippen LogP contribution in [0.3, 0.4) is 0 Å². The Kier molecular flexibility index (Phi) is 12.4. The third kappa shape index (κ3) is 12.5. The minimum absolute atomic E-state index is 0.0912. The van der Waals surface area contributed by atoms with Gasteiger partial charge in [0.1, 0.15) is 5.60 Å². The summed E-state index contributed by atoms with van der Waals surface area (Å²) in [5, 5.41) is 0. The molecule has 1 unspecified atom stereocenters. The van der Waals surface area contributed by atoms with Gasteiger partial charge in [0.05, 0.1) is 20.1 Å². The number of methoxy groups -OCH3 is 2. The standard InChI is InChI=1S/C20H34N2O7/c1-14(17(24)27-5)15(18(25)28-6)12-10-8-7-9-11-13-16(23)21-22-19(26)29-20(2,3)4/h15H,1,7-13H2,2-6H3,(H,21,23)(H,22,26). The summed E-state index contributed by atoms with van der Waals surface area (Å²) in [5.74, 6) is -2.13. The second-order valence-corrected chi connectivity index (χ2v) is 7.57. The Morgan fingerprint density at radius 3 is 2.03 bits per heavy atom. The van der Waals surface area contributed by atoms with Gasteiger partial charge in [-0.15, -0.1) is 0 Å². The molecule has 0 aromatic heterocycles. The molecule has 29 heavy (non-hydrogen) atoms. The molecule has 0 aliphatic carbocycles. The number of nitrogens with one attached hydrogen (secondary N) is 2. The molecule has 2 N–H and O–H groups in total. The highest BCUT2D eigenvalue weighted by Crippen LogP contribution is 2.21. The molecule has 0 aromatic carbocycles. The highest BCUT2D eigenvalue weighted by atomic mass is 16.6. The average Bonchev–Trinajstić information content (AvgIpc) is 2.65. The van der Waals surface area contributed by atoms with Gasteiger partial charge in [-0.2, -0.15) is 0 Å².